The van der Waals surface area contributed by atoms with Gasteiger partial charge in [-0.1, -0.05) is 12.2 Å². The number of rotatable bonds is 6. The molecule has 0 radical (unpaired) electrons. The van der Waals surface area contributed by atoms with Crippen molar-refractivity contribution >= 4 is 40.9 Å². The molecule has 1 aromatic carbocycles. The first kappa shape index (κ1) is 26.5. The molecule has 2 aromatic rings. The number of halogens is 4. The van der Waals surface area contributed by atoms with Crippen molar-refractivity contribution in [2.45, 2.75) is 43.8 Å². The third kappa shape index (κ3) is 4.75. The van der Waals surface area contributed by atoms with Gasteiger partial charge in [-0.2, -0.15) is 18.4 Å². The monoisotopic (exact) mass is 533 g/mol. The number of likely N-dealkylation sites (N-methyl/N-ethyl adjacent to an activating group) is 1. The standard InChI is InChI=1S/C25H23F4N5O2S/c1-32(17-11-19(25(27,28)29)21(13-30)31-14-17)23(36)24(7-4-8-24)34(15-37)16-5-6-18(20(26)12-16)22(35)33-9-2-3-10-33/h5-6,11-12,14-15H,2-4,7-10H2,1H3. The Kier molecular flexibility index (Phi) is 7.19. The van der Waals surface area contributed by atoms with Crippen LogP contribution in [0.2, 0.25) is 0 Å². The molecule has 0 spiro atoms. The average Bonchev–Trinajstić information content (AvgIpc) is 3.39. The second kappa shape index (κ2) is 10.0. The van der Waals surface area contributed by atoms with Crippen LogP contribution in [0.1, 0.15) is 53.7 Å². The van der Waals surface area contributed by atoms with Gasteiger partial charge in [-0.3, -0.25) is 9.59 Å². The first-order valence-electron chi connectivity index (χ1n) is 11.6. The zero-order valence-corrected chi connectivity index (χ0v) is 20.7. The lowest BCUT2D eigenvalue weighted by atomic mass is 9.74. The molecule has 1 saturated heterocycles. The number of thiocarbonyl (C=S) groups is 1. The second-order valence-electron chi connectivity index (χ2n) is 9.09. The molecule has 1 aliphatic carbocycles. The molecule has 2 amide bonds. The number of alkyl halides is 3. The third-order valence-electron chi connectivity index (χ3n) is 6.98. The van der Waals surface area contributed by atoms with Crippen molar-refractivity contribution in [3.8, 4) is 6.07 Å². The van der Waals surface area contributed by atoms with E-state index in [0.29, 0.717) is 38.4 Å². The van der Waals surface area contributed by atoms with Crippen molar-refractivity contribution in [3.05, 3.63) is 53.1 Å². The summed E-state index contributed by atoms with van der Waals surface area (Å²) in [7, 11) is 1.31. The number of pyridine rings is 1. The highest BCUT2D eigenvalue weighted by Gasteiger charge is 2.51. The van der Waals surface area contributed by atoms with Crippen LogP contribution in [0.25, 0.3) is 0 Å². The summed E-state index contributed by atoms with van der Waals surface area (Å²) in [6.07, 6.45) is -0.781. The number of nitrogens with zero attached hydrogens (tertiary/aromatic N) is 5. The molecule has 1 saturated carbocycles. The summed E-state index contributed by atoms with van der Waals surface area (Å²) in [5, 5.41) is 9.00. The van der Waals surface area contributed by atoms with Crippen LogP contribution < -0.4 is 9.80 Å². The van der Waals surface area contributed by atoms with Crippen molar-refractivity contribution < 1.29 is 27.2 Å². The minimum atomic E-state index is -4.83. The Morgan fingerprint density at radius 3 is 2.35 bits per heavy atom. The lowest BCUT2D eigenvalue weighted by molar-refractivity contribution is -0.138. The summed E-state index contributed by atoms with van der Waals surface area (Å²) in [4.78, 5) is 34.0. The van der Waals surface area contributed by atoms with Crippen molar-refractivity contribution in [3.63, 3.8) is 0 Å². The highest BCUT2D eigenvalue weighted by molar-refractivity contribution is 7.79. The Morgan fingerprint density at radius 1 is 1.16 bits per heavy atom. The van der Waals surface area contributed by atoms with E-state index in [1.807, 2.05) is 0 Å². The van der Waals surface area contributed by atoms with E-state index in [2.05, 4.69) is 4.98 Å². The fraction of sp³-hybridized carbons (Fsp3) is 0.400. The maximum absolute atomic E-state index is 15.1. The van der Waals surface area contributed by atoms with Gasteiger partial charge >= 0.3 is 6.18 Å². The van der Waals surface area contributed by atoms with Gasteiger partial charge in [0.2, 0.25) is 0 Å². The molecule has 37 heavy (non-hydrogen) atoms. The Labute approximate surface area is 216 Å². The van der Waals surface area contributed by atoms with E-state index in [0.717, 1.165) is 30.0 Å². The lowest BCUT2D eigenvalue weighted by Gasteiger charge is -2.49. The smallest absolute Gasteiger partial charge is 0.339 e. The van der Waals surface area contributed by atoms with E-state index < -0.39 is 40.6 Å². The largest absolute Gasteiger partial charge is 0.419 e. The van der Waals surface area contributed by atoms with Crippen LogP contribution in [-0.4, -0.2) is 52.9 Å². The summed E-state index contributed by atoms with van der Waals surface area (Å²) in [5.41, 5.74) is -2.07. The summed E-state index contributed by atoms with van der Waals surface area (Å²) >= 11 is 5.18. The molecule has 12 heteroatoms. The lowest BCUT2D eigenvalue weighted by Crippen LogP contribution is -2.63. The summed E-state index contributed by atoms with van der Waals surface area (Å²) in [6, 6.07) is 6.12. The van der Waals surface area contributed by atoms with Crippen LogP contribution in [-0.2, 0) is 11.0 Å². The fourth-order valence-electron chi connectivity index (χ4n) is 4.77. The Bertz CT molecular complexity index is 1280. The van der Waals surface area contributed by atoms with Crippen molar-refractivity contribution in [2.24, 2.45) is 0 Å². The second-order valence-corrected chi connectivity index (χ2v) is 9.30. The van der Waals surface area contributed by atoms with E-state index in [9.17, 15) is 22.8 Å². The van der Waals surface area contributed by atoms with Crippen LogP contribution in [0.15, 0.2) is 30.5 Å². The quantitative estimate of drug-likeness (QED) is 0.396. The number of aromatic nitrogens is 1. The first-order chi connectivity index (χ1) is 17.5. The molecule has 2 fully saturated rings. The minimum absolute atomic E-state index is 0.0793. The molecule has 0 N–H and O–H groups in total. The highest BCUT2D eigenvalue weighted by atomic mass is 32.1. The molecule has 0 bridgehead atoms. The fourth-order valence-corrected chi connectivity index (χ4v) is 5.09. The van der Waals surface area contributed by atoms with Crippen LogP contribution in [0.3, 0.4) is 0 Å². The molecule has 0 atom stereocenters. The van der Waals surface area contributed by atoms with Crippen LogP contribution in [0.5, 0.6) is 0 Å². The third-order valence-corrected chi connectivity index (χ3v) is 7.19. The van der Waals surface area contributed by atoms with E-state index in [1.54, 1.807) is 4.90 Å². The zero-order valence-electron chi connectivity index (χ0n) is 19.9. The van der Waals surface area contributed by atoms with Gasteiger partial charge in [0.15, 0.2) is 5.69 Å². The normalized spacial score (nSPS) is 16.5. The molecular formula is C25H23F4N5O2S. The van der Waals surface area contributed by atoms with Gasteiger partial charge in [-0.15, -0.1) is 0 Å². The van der Waals surface area contributed by atoms with Crippen molar-refractivity contribution in [1.29, 1.82) is 5.26 Å². The number of amides is 2. The molecule has 1 aromatic heterocycles. The van der Waals surface area contributed by atoms with Gasteiger partial charge in [-0.25, -0.2) is 9.37 Å². The van der Waals surface area contributed by atoms with Crippen LogP contribution in [0, 0.1) is 17.1 Å². The van der Waals surface area contributed by atoms with Crippen LogP contribution >= 0.6 is 12.2 Å². The molecule has 1 aliphatic heterocycles. The van der Waals surface area contributed by atoms with Crippen molar-refractivity contribution in [2.75, 3.05) is 29.9 Å². The maximum Gasteiger partial charge on any atom is 0.419 e. The first-order valence-corrected chi connectivity index (χ1v) is 12.1. The molecular weight excluding hydrogens is 510 g/mol. The number of likely N-dealkylation sites (tertiary alicyclic amines) is 1. The Hall–Kier alpha value is -3.59. The number of hydrogen-bond donors (Lipinski definition) is 0. The van der Waals surface area contributed by atoms with Crippen molar-refractivity contribution in [1.82, 2.24) is 9.88 Å². The van der Waals surface area contributed by atoms with Gasteiger partial charge in [-0.05, 0) is 56.4 Å². The van der Waals surface area contributed by atoms with E-state index in [4.69, 9.17) is 17.5 Å². The number of anilines is 2. The van der Waals surface area contributed by atoms with E-state index in [-0.39, 0.29) is 16.9 Å². The summed E-state index contributed by atoms with van der Waals surface area (Å²) in [5.74, 6) is -1.71. The van der Waals surface area contributed by atoms with Crippen LogP contribution in [0.4, 0.5) is 28.9 Å². The average molecular weight is 534 g/mol. The van der Waals surface area contributed by atoms with Gasteiger partial charge < -0.3 is 14.7 Å². The van der Waals surface area contributed by atoms with E-state index >= 15 is 4.39 Å². The van der Waals surface area contributed by atoms with Gasteiger partial charge in [0.1, 0.15) is 17.4 Å². The molecule has 7 nitrogen and oxygen atoms in total. The number of benzene rings is 1. The van der Waals surface area contributed by atoms with Gasteiger partial charge in [0, 0.05) is 25.8 Å². The molecule has 0 unspecified atom stereocenters. The van der Waals surface area contributed by atoms with E-state index in [1.165, 1.54) is 35.6 Å². The molecule has 2 heterocycles. The topological polar surface area (TPSA) is 80.5 Å². The predicted molar refractivity (Wildman–Crippen MR) is 132 cm³/mol. The summed E-state index contributed by atoms with van der Waals surface area (Å²) in [6.45, 7) is 1.13. The minimum Gasteiger partial charge on any atom is -0.339 e. The highest BCUT2D eigenvalue weighted by Crippen LogP contribution is 2.43. The number of carbonyl (C=O) groups excluding carboxylic acids is 2. The van der Waals surface area contributed by atoms with Gasteiger partial charge in [0.05, 0.1) is 28.5 Å². The van der Waals surface area contributed by atoms with Gasteiger partial charge in [0.25, 0.3) is 11.8 Å². The SMILES string of the molecule is CN(C(=O)C1(N(C=S)c2ccc(C(=O)N3CCCC3)c(F)c2)CCC1)c1cnc(C#N)c(C(F)(F)F)c1. The molecule has 194 valence electrons. The maximum atomic E-state index is 15.1. The molecule has 2 aliphatic rings. The number of carbonyl (C=O) groups is 2. The number of hydrogen-bond acceptors (Lipinski definition) is 5. The number of nitriles is 1. The predicted octanol–water partition coefficient (Wildman–Crippen LogP) is 4.70. The Balaban J connectivity index is 1.65. The Morgan fingerprint density at radius 2 is 1.84 bits per heavy atom. The zero-order chi connectivity index (χ0) is 27.0. The molecule has 4 rings (SSSR count). The summed E-state index contributed by atoms with van der Waals surface area (Å²) < 4.78 is 55.4.